The average molecular weight is 314 g/mol. The molecule has 0 aromatic heterocycles. The van der Waals surface area contributed by atoms with E-state index in [0.717, 1.165) is 17.1 Å². The third-order valence-electron chi connectivity index (χ3n) is 3.36. The van der Waals surface area contributed by atoms with Gasteiger partial charge in [0, 0.05) is 31.2 Å². The first kappa shape index (κ1) is 16.4. The molecule has 0 aliphatic carbocycles. The monoisotopic (exact) mass is 314 g/mol. The first-order chi connectivity index (χ1) is 10.6. The Labute approximate surface area is 136 Å². The predicted octanol–water partition coefficient (Wildman–Crippen LogP) is 4.01. The number of nitrogens with zero attached hydrogens (tertiary/aromatic N) is 1. The smallest absolute Gasteiger partial charge is 0.237 e. The number of carbonyl (C=O) groups is 1. The van der Waals surface area contributed by atoms with E-state index in [1.165, 1.54) is 5.56 Å². The fourth-order valence-electron chi connectivity index (χ4n) is 1.96. The number of hydrogen-bond acceptors (Lipinski definition) is 3. The Bertz CT molecular complexity index is 596. The van der Waals surface area contributed by atoms with Gasteiger partial charge in [-0.05, 0) is 36.8 Å². The van der Waals surface area contributed by atoms with Gasteiger partial charge < -0.3 is 10.2 Å². The second-order valence-corrected chi connectivity index (χ2v) is 6.70. The zero-order chi connectivity index (χ0) is 15.9. The van der Waals surface area contributed by atoms with Gasteiger partial charge in [0.15, 0.2) is 0 Å². The molecule has 1 unspecified atom stereocenters. The number of benzene rings is 2. The van der Waals surface area contributed by atoms with Crippen LogP contribution >= 0.6 is 11.8 Å². The summed E-state index contributed by atoms with van der Waals surface area (Å²) in [4.78, 5) is 14.2. The molecule has 3 nitrogen and oxygen atoms in total. The summed E-state index contributed by atoms with van der Waals surface area (Å²) in [5.74, 6) is 0.883. The Balaban J connectivity index is 1.85. The first-order valence-corrected chi connectivity index (χ1v) is 8.35. The molecule has 2 rings (SSSR count). The molecule has 22 heavy (non-hydrogen) atoms. The molecule has 116 valence electrons. The molecule has 1 atom stereocenters. The summed E-state index contributed by atoms with van der Waals surface area (Å²) in [5.41, 5.74) is 3.19. The van der Waals surface area contributed by atoms with Gasteiger partial charge in [0.2, 0.25) is 5.91 Å². The number of anilines is 2. The molecule has 2 aromatic carbocycles. The normalized spacial score (nSPS) is 11.8. The Morgan fingerprint density at radius 2 is 1.73 bits per heavy atom. The first-order valence-electron chi connectivity index (χ1n) is 7.30. The number of carbonyl (C=O) groups excluding carboxylic acids is 1. The highest BCUT2D eigenvalue weighted by atomic mass is 32.2. The van der Waals surface area contributed by atoms with E-state index in [2.05, 4.69) is 17.4 Å². The van der Waals surface area contributed by atoms with Crippen molar-refractivity contribution in [1.82, 2.24) is 0 Å². The number of amides is 1. The minimum absolute atomic E-state index is 0.0403. The Hall–Kier alpha value is -1.94. The second kappa shape index (κ2) is 7.90. The molecular formula is C18H22N2OS. The number of hydrogen-bond donors (Lipinski definition) is 1. The van der Waals surface area contributed by atoms with Crippen molar-refractivity contribution in [1.29, 1.82) is 0 Å². The third-order valence-corrected chi connectivity index (χ3v) is 4.58. The molecular weight excluding hydrogens is 292 g/mol. The third kappa shape index (κ3) is 4.81. The maximum Gasteiger partial charge on any atom is 0.237 e. The van der Waals surface area contributed by atoms with Gasteiger partial charge in [-0.2, -0.15) is 0 Å². The van der Waals surface area contributed by atoms with Crippen LogP contribution in [0.5, 0.6) is 0 Å². The molecule has 0 saturated carbocycles. The van der Waals surface area contributed by atoms with Crippen LogP contribution in [0.3, 0.4) is 0 Å². The van der Waals surface area contributed by atoms with Crippen molar-refractivity contribution in [3.63, 3.8) is 0 Å². The minimum Gasteiger partial charge on any atom is -0.378 e. The summed E-state index contributed by atoms with van der Waals surface area (Å²) in [6, 6.07) is 18.1. The summed E-state index contributed by atoms with van der Waals surface area (Å²) in [6.45, 7) is 1.94. The van der Waals surface area contributed by atoms with Crippen molar-refractivity contribution in [2.45, 2.75) is 17.9 Å². The van der Waals surface area contributed by atoms with Gasteiger partial charge in [-0.3, -0.25) is 4.79 Å². The van der Waals surface area contributed by atoms with Crippen LogP contribution in [0.4, 0.5) is 11.4 Å². The number of rotatable bonds is 6. The molecule has 1 N–H and O–H groups in total. The topological polar surface area (TPSA) is 32.3 Å². The van der Waals surface area contributed by atoms with Crippen molar-refractivity contribution in [2.75, 3.05) is 24.3 Å². The van der Waals surface area contributed by atoms with Gasteiger partial charge in [0.25, 0.3) is 0 Å². The van der Waals surface area contributed by atoms with Crippen LogP contribution in [0, 0.1) is 0 Å². The highest BCUT2D eigenvalue weighted by Crippen LogP contribution is 2.20. The molecule has 2 aromatic rings. The lowest BCUT2D eigenvalue weighted by atomic mass is 10.2. The van der Waals surface area contributed by atoms with Crippen LogP contribution in [0.25, 0.3) is 0 Å². The van der Waals surface area contributed by atoms with E-state index >= 15 is 0 Å². The summed E-state index contributed by atoms with van der Waals surface area (Å²) >= 11 is 1.64. The molecule has 0 aliphatic heterocycles. The molecule has 0 aliphatic rings. The highest BCUT2D eigenvalue weighted by Gasteiger charge is 2.13. The minimum atomic E-state index is -0.0891. The second-order valence-electron chi connectivity index (χ2n) is 5.37. The molecule has 0 bridgehead atoms. The highest BCUT2D eigenvalue weighted by molar-refractivity contribution is 7.99. The summed E-state index contributed by atoms with van der Waals surface area (Å²) in [6.07, 6.45) is 0. The van der Waals surface area contributed by atoms with E-state index in [1.807, 2.05) is 68.4 Å². The van der Waals surface area contributed by atoms with Gasteiger partial charge in [0.1, 0.15) is 0 Å². The molecule has 0 radical (unpaired) electrons. The maximum absolute atomic E-state index is 12.2. The van der Waals surface area contributed by atoms with E-state index in [0.29, 0.717) is 0 Å². The van der Waals surface area contributed by atoms with Crippen LogP contribution in [-0.2, 0) is 10.5 Å². The molecule has 1 amide bonds. The van der Waals surface area contributed by atoms with E-state index in [1.54, 1.807) is 11.8 Å². The van der Waals surface area contributed by atoms with Crippen molar-refractivity contribution in [3.05, 3.63) is 60.2 Å². The average Bonchev–Trinajstić information content (AvgIpc) is 2.54. The number of thioether (sulfide) groups is 1. The molecule has 4 heteroatoms. The van der Waals surface area contributed by atoms with E-state index in [9.17, 15) is 4.79 Å². The van der Waals surface area contributed by atoms with Crippen LogP contribution in [0.2, 0.25) is 0 Å². The summed E-state index contributed by atoms with van der Waals surface area (Å²) < 4.78 is 0. The zero-order valence-electron chi connectivity index (χ0n) is 13.2. The van der Waals surface area contributed by atoms with Gasteiger partial charge in [0.05, 0.1) is 5.25 Å². The molecule has 0 fully saturated rings. The lowest BCUT2D eigenvalue weighted by molar-refractivity contribution is -0.115. The van der Waals surface area contributed by atoms with Gasteiger partial charge in [-0.15, -0.1) is 11.8 Å². The molecule has 0 heterocycles. The van der Waals surface area contributed by atoms with Crippen LogP contribution in [0.15, 0.2) is 54.6 Å². The fraction of sp³-hybridized carbons (Fsp3) is 0.278. The molecule has 0 saturated heterocycles. The van der Waals surface area contributed by atoms with Crippen LogP contribution < -0.4 is 10.2 Å². The number of nitrogens with one attached hydrogen (secondary N) is 1. The Kier molecular flexibility index (Phi) is 5.90. The fourth-order valence-corrected chi connectivity index (χ4v) is 2.80. The van der Waals surface area contributed by atoms with E-state index in [4.69, 9.17) is 0 Å². The molecule has 0 spiro atoms. The van der Waals surface area contributed by atoms with E-state index < -0.39 is 0 Å². The zero-order valence-corrected chi connectivity index (χ0v) is 14.1. The van der Waals surface area contributed by atoms with Crippen LogP contribution in [0.1, 0.15) is 12.5 Å². The Morgan fingerprint density at radius 3 is 2.32 bits per heavy atom. The van der Waals surface area contributed by atoms with Crippen molar-refractivity contribution in [3.8, 4) is 0 Å². The van der Waals surface area contributed by atoms with Gasteiger partial charge in [-0.1, -0.05) is 30.3 Å². The standard InChI is InChI=1S/C18H22N2OS/c1-14(22-13-15-7-5-4-6-8-15)18(21)19-16-9-11-17(12-10-16)20(2)3/h4-12,14H,13H2,1-3H3,(H,19,21). The van der Waals surface area contributed by atoms with Gasteiger partial charge in [-0.25, -0.2) is 0 Å². The van der Waals surface area contributed by atoms with Crippen molar-refractivity contribution >= 4 is 29.0 Å². The van der Waals surface area contributed by atoms with Crippen molar-refractivity contribution in [2.24, 2.45) is 0 Å². The largest absolute Gasteiger partial charge is 0.378 e. The van der Waals surface area contributed by atoms with E-state index in [-0.39, 0.29) is 11.2 Å². The lowest BCUT2D eigenvalue weighted by Crippen LogP contribution is -2.22. The lowest BCUT2D eigenvalue weighted by Gasteiger charge is -2.14. The SMILES string of the molecule is CC(SCc1ccccc1)C(=O)Nc1ccc(N(C)C)cc1. The van der Waals surface area contributed by atoms with Crippen molar-refractivity contribution < 1.29 is 4.79 Å². The Morgan fingerprint density at radius 1 is 1.09 bits per heavy atom. The summed E-state index contributed by atoms with van der Waals surface area (Å²) in [5, 5.41) is 2.88. The predicted molar refractivity (Wildman–Crippen MR) is 96.6 cm³/mol. The quantitative estimate of drug-likeness (QED) is 0.874. The van der Waals surface area contributed by atoms with Gasteiger partial charge >= 0.3 is 0 Å². The summed E-state index contributed by atoms with van der Waals surface area (Å²) in [7, 11) is 3.99. The maximum atomic E-state index is 12.2. The van der Waals surface area contributed by atoms with Crippen LogP contribution in [-0.4, -0.2) is 25.3 Å².